The van der Waals surface area contributed by atoms with E-state index in [9.17, 15) is 28.0 Å². The molecule has 1 aromatic heterocycles. The van der Waals surface area contributed by atoms with Crippen molar-refractivity contribution in [2.75, 3.05) is 36.0 Å². The zero-order chi connectivity index (χ0) is 29.4. The van der Waals surface area contributed by atoms with E-state index in [-0.39, 0.29) is 48.3 Å². The summed E-state index contributed by atoms with van der Waals surface area (Å²) >= 11 is 6.27. The molecule has 9 nitrogen and oxygen atoms in total. The van der Waals surface area contributed by atoms with Gasteiger partial charge in [0.15, 0.2) is 0 Å². The van der Waals surface area contributed by atoms with Crippen LogP contribution in [0, 0.1) is 18.3 Å². The number of alkyl halides is 3. The van der Waals surface area contributed by atoms with Crippen molar-refractivity contribution >= 4 is 35.1 Å². The molecule has 0 spiro atoms. The third-order valence-electron chi connectivity index (χ3n) is 6.85. The molecule has 0 saturated carbocycles. The minimum atomic E-state index is -4.56. The Hall–Kier alpha value is -3.59. The number of ether oxygens (including phenoxy) is 1. The fourth-order valence-electron chi connectivity index (χ4n) is 5.10. The molecule has 2 aromatic rings. The number of hydrogen-bond donors (Lipinski definition) is 0. The largest absolute Gasteiger partial charge is 0.444 e. The van der Waals surface area contributed by atoms with Gasteiger partial charge in [-0.2, -0.15) is 18.4 Å². The Balaban J connectivity index is 1.68. The van der Waals surface area contributed by atoms with Crippen molar-refractivity contribution in [1.82, 2.24) is 14.9 Å². The molecule has 214 valence electrons. The van der Waals surface area contributed by atoms with Crippen LogP contribution in [-0.4, -0.2) is 64.7 Å². The molecule has 0 bridgehead atoms. The molecule has 2 aliphatic heterocycles. The van der Waals surface area contributed by atoms with Crippen molar-refractivity contribution in [3.05, 3.63) is 45.9 Å². The van der Waals surface area contributed by atoms with Gasteiger partial charge >= 0.3 is 12.3 Å². The standard InChI is InChI=1S/C27H30ClF3N6O3/c1-16-19(27(29,30)31)8-5-9-20(16)37-12-6-7-18-21(23(37)38)33-24(28)34-22(18)35-13-14-36(17(15-35)10-11-32)25(39)40-26(2,3)4/h5,8-9,17H,6-7,10,12-15H2,1-4H3. The van der Waals surface area contributed by atoms with E-state index in [2.05, 4.69) is 16.0 Å². The van der Waals surface area contributed by atoms with Crippen molar-refractivity contribution in [3.63, 3.8) is 0 Å². The summed E-state index contributed by atoms with van der Waals surface area (Å²) < 4.78 is 46.2. The monoisotopic (exact) mass is 578 g/mol. The fraction of sp³-hybridized carbons (Fsp3) is 0.519. The highest BCUT2D eigenvalue weighted by Crippen LogP contribution is 2.38. The molecule has 40 heavy (non-hydrogen) atoms. The summed E-state index contributed by atoms with van der Waals surface area (Å²) in [4.78, 5) is 39.9. The fourth-order valence-corrected chi connectivity index (χ4v) is 5.26. The second kappa shape index (κ2) is 11.1. The highest BCUT2D eigenvalue weighted by Gasteiger charge is 2.38. The normalized spacial score (nSPS) is 18.2. The Kier molecular flexibility index (Phi) is 8.17. The van der Waals surface area contributed by atoms with Crippen LogP contribution in [0.3, 0.4) is 0 Å². The second-order valence-corrected chi connectivity index (χ2v) is 11.1. The minimum Gasteiger partial charge on any atom is -0.444 e. The van der Waals surface area contributed by atoms with Gasteiger partial charge in [-0.15, -0.1) is 0 Å². The number of rotatable bonds is 3. The number of hydrogen-bond acceptors (Lipinski definition) is 7. The summed E-state index contributed by atoms with van der Waals surface area (Å²) in [5.74, 6) is -0.154. The van der Waals surface area contributed by atoms with Gasteiger partial charge in [-0.3, -0.25) is 4.79 Å². The lowest BCUT2D eigenvalue weighted by Crippen LogP contribution is -2.56. The molecule has 2 aliphatic rings. The molecule has 1 unspecified atom stereocenters. The molecule has 0 aliphatic carbocycles. The van der Waals surface area contributed by atoms with Crippen molar-refractivity contribution < 1.29 is 27.5 Å². The SMILES string of the molecule is Cc1c(N2CCCc3c(nc(Cl)nc3N3CCN(C(=O)OC(C)(C)C)C(CC#N)C3)C2=O)cccc1C(F)(F)F. The molecule has 0 N–H and O–H groups in total. The highest BCUT2D eigenvalue weighted by atomic mass is 35.5. The molecule has 1 atom stereocenters. The van der Waals surface area contributed by atoms with E-state index in [0.717, 1.165) is 6.07 Å². The quantitative estimate of drug-likeness (QED) is 0.450. The van der Waals surface area contributed by atoms with Gasteiger partial charge in [-0.05, 0) is 69.8 Å². The van der Waals surface area contributed by atoms with Gasteiger partial charge < -0.3 is 19.4 Å². The van der Waals surface area contributed by atoms with Crippen molar-refractivity contribution in [1.29, 1.82) is 5.26 Å². The van der Waals surface area contributed by atoms with Crippen LogP contribution < -0.4 is 9.80 Å². The average Bonchev–Trinajstić information content (AvgIpc) is 3.01. The van der Waals surface area contributed by atoms with Crippen LogP contribution in [0.25, 0.3) is 0 Å². The molecule has 13 heteroatoms. The zero-order valence-corrected chi connectivity index (χ0v) is 23.4. The average molecular weight is 579 g/mol. The summed E-state index contributed by atoms with van der Waals surface area (Å²) in [7, 11) is 0. The van der Waals surface area contributed by atoms with E-state index in [0.29, 0.717) is 30.8 Å². The summed E-state index contributed by atoms with van der Waals surface area (Å²) in [6, 6.07) is 5.37. The Morgan fingerprint density at radius 1 is 1.20 bits per heavy atom. The van der Waals surface area contributed by atoms with Crippen molar-refractivity contribution in [2.24, 2.45) is 0 Å². The minimum absolute atomic E-state index is 0.0238. The van der Waals surface area contributed by atoms with Gasteiger partial charge in [0.2, 0.25) is 5.28 Å². The highest BCUT2D eigenvalue weighted by molar-refractivity contribution is 6.28. The molecule has 1 aromatic carbocycles. The number of fused-ring (bicyclic) bond motifs is 1. The summed E-state index contributed by atoms with van der Waals surface area (Å²) in [5, 5.41) is 9.25. The van der Waals surface area contributed by atoms with Crippen LogP contribution in [0.5, 0.6) is 0 Å². The number of anilines is 2. The summed E-state index contributed by atoms with van der Waals surface area (Å²) in [5.41, 5.74) is -0.852. The Bertz CT molecular complexity index is 1350. The zero-order valence-electron chi connectivity index (χ0n) is 22.7. The first-order chi connectivity index (χ1) is 18.7. The topological polar surface area (TPSA) is 103 Å². The van der Waals surface area contributed by atoms with E-state index >= 15 is 0 Å². The van der Waals surface area contributed by atoms with Gasteiger partial charge in [-0.1, -0.05) is 6.07 Å². The Morgan fingerprint density at radius 2 is 1.93 bits per heavy atom. The molecule has 1 saturated heterocycles. The molecule has 2 amide bonds. The number of amides is 2. The molecule has 0 radical (unpaired) electrons. The number of carbonyl (C=O) groups excluding carboxylic acids is 2. The lowest BCUT2D eigenvalue weighted by molar-refractivity contribution is -0.138. The third-order valence-corrected chi connectivity index (χ3v) is 7.02. The van der Waals surface area contributed by atoms with Crippen molar-refractivity contribution in [3.8, 4) is 6.07 Å². The summed E-state index contributed by atoms with van der Waals surface area (Å²) in [6.45, 7) is 7.65. The molecule has 1 fully saturated rings. The molecular weight excluding hydrogens is 549 g/mol. The van der Waals surface area contributed by atoms with E-state index in [4.69, 9.17) is 16.3 Å². The molecule has 4 rings (SSSR count). The van der Waals surface area contributed by atoms with E-state index in [1.165, 1.54) is 28.9 Å². The number of halogens is 4. The molecular formula is C27H30ClF3N6O3. The van der Waals surface area contributed by atoms with Crippen LogP contribution in [0.15, 0.2) is 18.2 Å². The first kappa shape index (κ1) is 29.4. The lowest BCUT2D eigenvalue weighted by Gasteiger charge is -2.41. The maximum absolute atomic E-state index is 13.7. The van der Waals surface area contributed by atoms with Gasteiger partial charge in [0.25, 0.3) is 5.91 Å². The third kappa shape index (κ3) is 6.09. The predicted octanol–water partition coefficient (Wildman–Crippen LogP) is 5.39. The lowest BCUT2D eigenvalue weighted by atomic mass is 10.0. The second-order valence-electron chi connectivity index (χ2n) is 10.8. The smallest absolute Gasteiger partial charge is 0.416 e. The Morgan fingerprint density at radius 3 is 2.58 bits per heavy atom. The number of nitrogens with zero attached hydrogens (tertiary/aromatic N) is 6. The Labute approximate surface area is 235 Å². The van der Waals surface area contributed by atoms with Crippen LogP contribution in [-0.2, 0) is 17.3 Å². The van der Waals surface area contributed by atoms with Gasteiger partial charge in [0.05, 0.1) is 24.1 Å². The van der Waals surface area contributed by atoms with Gasteiger partial charge in [0, 0.05) is 37.4 Å². The number of piperazine rings is 1. The number of aromatic nitrogens is 2. The van der Waals surface area contributed by atoms with Crippen LogP contribution >= 0.6 is 11.6 Å². The maximum atomic E-state index is 13.7. The molecule has 3 heterocycles. The number of benzene rings is 1. The summed E-state index contributed by atoms with van der Waals surface area (Å²) in [6.07, 6.45) is -4.19. The van der Waals surface area contributed by atoms with E-state index in [1.54, 1.807) is 20.8 Å². The van der Waals surface area contributed by atoms with Crippen LogP contribution in [0.4, 0.5) is 29.5 Å². The van der Waals surface area contributed by atoms with Crippen molar-refractivity contribution in [2.45, 2.75) is 64.8 Å². The van der Waals surface area contributed by atoms with Gasteiger partial charge in [-0.25, -0.2) is 14.8 Å². The number of nitriles is 1. The first-order valence-corrected chi connectivity index (χ1v) is 13.3. The predicted molar refractivity (Wildman–Crippen MR) is 142 cm³/mol. The van der Waals surface area contributed by atoms with Gasteiger partial charge in [0.1, 0.15) is 17.1 Å². The number of carbonyl (C=O) groups is 2. The van der Waals surface area contributed by atoms with E-state index < -0.39 is 35.4 Å². The first-order valence-electron chi connectivity index (χ1n) is 12.9. The van der Waals surface area contributed by atoms with E-state index in [1.807, 2.05) is 4.90 Å². The maximum Gasteiger partial charge on any atom is 0.416 e. The van der Waals surface area contributed by atoms with Crippen LogP contribution in [0.1, 0.15) is 60.8 Å². The van der Waals surface area contributed by atoms with Crippen LogP contribution in [0.2, 0.25) is 5.28 Å².